The van der Waals surface area contributed by atoms with Crippen molar-refractivity contribution in [2.75, 3.05) is 37.6 Å². The normalized spacial score (nSPS) is 15.8. The van der Waals surface area contributed by atoms with Crippen LogP contribution >= 0.6 is 0 Å². The first kappa shape index (κ1) is 16.0. The van der Waals surface area contributed by atoms with Gasteiger partial charge in [0.1, 0.15) is 0 Å². The van der Waals surface area contributed by atoms with Gasteiger partial charge in [-0.25, -0.2) is 0 Å². The number of aryl methyl sites for hydroxylation is 1. The van der Waals surface area contributed by atoms with Gasteiger partial charge in [0.25, 0.3) is 0 Å². The minimum atomic E-state index is 0.00723. The zero-order valence-electron chi connectivity index (χ0n) is 13.6. The molecule has 2 aromatic rings. The van der Waals surface area contributed by atoms with Gasteiger partial charge in [-0.15, -0.1) is 0 Å². The van der Waals surface area contributed by atoms with E-state index in [-0.39, 0.29) is 6.61 Å². The molecule has 1 N–H and O–H groups in total. The number of nitrogens with zero attached hydrogens (tertiary/aromatic N) is 3. The predicted molar refractivity (Wildman–Crippen MR) is 93.6 cm³/mol. The second kappa shape index (κ2) is 8.09. The average molecular weight is 311 g/mol. The first-order chi connectivity index (χ1) is 11.3. The predicted octanol–water partition coefficient (Wildman–Crippen LogP) is 2.33. The van der Waals surface area contributed by atoms with Crippen LogP contribution in [0.3, 0.4) is 0 Å². The third-order valence-corrected chi connectivity index (χ3v) is 4.48. The van der Waals surface area contributed by atoms with Gasteiger partial charge in [-0.3, -0.25) is 9.88 Å². The molecule has 0 aliphatic carbocycles. The zero-order valence-corrected chi connectivity index (χ0v) is 13.6. The third-order valence-electron chi connectivity index (χ3n) is 4.48. The van der Waals surface area contributed by atoms with E-state index in [2.05, 4.69) is 45.1 Å². The van der Waals surface area contributed by atoms with Crippen molar-refractivity contribution in [3.8, 4) is 0 Å². The van der Waals surface area contributed by atoms with Crippen LogP contribution in [0, 0.1) is 0 Å². The number of anilines is 1. The maximum atomic E-state index is 9.20. The fraction of sp³-hybridized carbons (Fsp3) is 0.421. The van der Waals surface area contributed by atoms with E-state index in [9.17, 15) is 5.11 Å². The lowest BCUT2D eigenvalue weighted by Crippen LogP contribution is -2.46. The summed E-state index contributed by atoms with van der Waals surface area (Å²) in [4.78, 5) is 9.08. The van der Waals surface area contributed by atoms with Crippen molar-refractivity contribution in [3.05, 3.63) is 59.9 Å². The SMILES string of the molecule is OCc1cc(N2CCN(CCCc3ccccc3)CC2)ccn1. The molecule has 1 saturated heterocycles. The Morgan fingerprint density at radius 1 is 1.00 bits per heavy atom. The van der Waals surface area contributed by atoms with Gasteiger partial charge in [0.05, 0.1) is 12.3 Å². The molecule has 2 heterocycles. The van der Waals surface area contributed by atoms with Crippen molar-refractivity contribution < 1.29 is 5.11 Å². The Morgan fingerprint density at radius 3 is 2.52 bits per heavy atom. The van der Waals surface area contributed by atoms with Crippen LogP contribution in [0.4, 0.5) is 5.69 Å². The molecule has 0 bridgehead atoms. The lowest BCUT2D eigenvalue weighted by Gasteiger charge is -2.36. The van der Waals surface area contributed by atoms with Gasteiger partial charge in [-0.05, 0) is 37.1 Å². The van der Waals surface area contributed by atoms with Crippen LogP contribution < -0.4 is 4.90 Å². The van der Waals surface area contributed by atoms with Gasteiger partial charge in [-0.2, -0.15) is 0 Å². The van der Waals surface area contributed by atoms with E-state index in [1.807, 2.05) is 12.1 Å². The van der Waals surface area contributed by atoms with Crippen LogP contribution in [0.25, 0.3) is 0 Å². The Bertz CT molecular complexity index is 595. The zero-order chi connectivity index (χ0) is 15.9. The summed E-state index contributed by atoms with van der Waals surface area (Å²) in [5.41, 5.74) is 3.35. The molecule has 0 atom stereocenters. The molecule has 0 amide bonds. The molecule has 3 rings (SSSR count). The van der Waals surface area contributed by atoms with E-state index >= 15 is 0 Å². The fourth-order valence-corrected chi connectivity index (χ4v) is 3.13. The monoisotopic (exact) mass is 311 g/mol. The minimum Gasteiger partial charge on any atom is -0.390 e. The summed E-state index contributed by atoms with van der Waals surface area (Å²) in [5.74, 6) is 0. The number of aromatic nitrogens is 1. The van der Waals surface area contributed by atoms with E-state index in [0.717, 1.165) is 38.3 Å². The quantitative estimate of drug-likeness (QED) is 0.889. The van der Waals surface area contributed by atoms with Crippen molar-refractivity contribution in [3.63, 3.8) is 0 Å². The smallest absolute Gasteiger partial charge is 0.0853 e. The van der Waals surface area contributed by atoms with Crippen molar-refractivity contribution >= 4 is 5.69 Å². The second-order valence-corrected chi connectivity index (χ2v) is 6.08. The minimum absolute atomic E-state index is 0.00723. The van der Waals surface area contributed by atoms with E-state index in [0.29, 0.717) is 0 Å². The average Bonchev–Trinajstić information content (AvgIpc) is 2.63. The lowest BCUT2D eigenvalue weighted by atomic mass is 10.1. The van der Waals surface area contributed by atoms with Crippen molar-refractivity contribution in [1.82, 2.24) is 9.88 Å². The molecule has 4 nitrogen and oxygen atoms in total. The number of piperazine rings is 1. The van der Waals surface area contributed by atoms with Gasteiger partial charge in [-0.1, -0.05) is 30.3 Å². The van der Waals surface area contributed by atoms with Crippen LogP contribution in [0.15, 0.2) is 48.7 Å². The van der Waals surface area contributed by atoms with Gasteiger partial charge in [0.2, 0.25) is 0 Å². The fourth-order valence-electron chi connectivity index (χ4n) is 3.13. The molecular weight excluding hydrogens is 286 g/mol. The highest BCUT2D eigenvalue weighted by Crippen LogP contribution is 2.17. The van der Waals surface area contributed by atoms with E-state index in [1.165, 1.54) is 24.2 Å². The largest absolute Gasteiger partial charge is 0.390 e. The molecule has 122 valence electrons. The Labute approximate surface area is 138 Å². The van der Waals surface area contributed by atoms with Gasteiger partial charge in [0.15, 0.2) is 0 Å². The Balaban J connectivity index is 1.43. The molecule has 0 unspecified atom stereocenters. The molecule has 4 heteroatoms. The third kappa shape index (κ3) is 4.53. The molecule has 23 heavy (non-hydrogen) atoms. The van der Waals surface area contributed by atoms with Crippen LogP contribution in [0.2, 0.25) is 0 Å². The molecule has 0 saturated carbocycles. The maximum absolute atomic E-state index is 9.20. The van der Waals surface area contributed by atoms with Crippen molar-refractivity contribution in [1.29, 1.82) is 0 Å². The lowest BCUT2D eigenvalue weighted by molar-refractivity contribution is 0.255. The van der Waals surface area contributed by atoms with Crippen molar-refractivity contribution in [2.24, 2.45) is 0 Å². The molecule has 0 radical (unpaired) electrons. The molecule has 1 fully saturated rings. The standard InChI is InChI=1S/C19H25N3O/c23-16-18-15-19(8-9-20-18)22-13-11-21(12-14-22)10-4-7-17-5-2-1-3-6-17/h1-3,5-6,8-9,15,23H,4,7,10-14,16H2. The first-order valence-electron chi connectivity index (χ1n) is 8.42. The number of aliphatic hydroxyl groups is 1. The van der Waals surface area contributed by atoms with Gasteiger partial charge < -0.3 is 10.0 Å². The van der Waals surface area contributed by atoms with Crippen LogP contribution in [-0.4, -0.2) is 47.7 Å². The molecule has 1 aromatic heterocycles. The molecular formula is C19H25N3O. The van der Waals surface area contributed by atoms with Crippen LogP contribution in [0.5, 0.6) is 0 Å². The first-order valence-corrected chi connectivity index (χ1v) is 8.42. The number of rotatable bonds is 6. The van der Waals surface area contributed by atoms with E-state index < -0.39 is 0 Å². The highest BCUT2D eigenvalue weighted by molar-refractivity contribution is 5.46. The summed E-state index contributed by atoms with van der Waals surface area (Å²) in [6.45, 7) is 5.46. The Hall–Kier alpha value is -1.91. The molecule has 1 aliphatic heterocycles. The number of pyridine rings is 1. The highest BCUT2D eigenvalue weighted by Gasteiger charge is 2.17. The van der Waals surface area contributed by atoms with Crippen LogP contribution in [0.1, 0.15) is 17.7 Å². The maximum Gasteiger partial charge on any atom is 0.0853 e. The number of hydrogen-bond acceptors (Lipinski definition) is 4. The summed E-state index contributed by atoms with van der Waals surface area (Å²) in [6.07, 6.45) is 4.16. The Morgan fingerprint density at radius 2 is 1.78 bits per heavy atom. The van der Waals surface area contributed by atoms with Crippen molar-refractivity contribution in [2.45, 2.75) is 19.4 Å². The van der Waals surface area contributed by atoms with Crippen LogP contribution in [-0.2, 0) is 13.0 Å². The summed E-state index contributed by atoms with van der Waals surface area (Å²) in [7, 11) is 0. The Kier molecular flexibility index (Phi) is 5.61. The molecule has 1 aromatic carbocycles. The summed E-state index contributed by atoms with van der Waals surface area (Å²) < 4.78 is 0. The van der Waals surface area contributed by atoms with Gasteiger partial charge >= 0.3 is 0 Å². The van der Waals surface area contributed by atoms with Gasteiger partial charge in [0, 0.05) is 38.1 Å². The molecule has 0 spiro atoms. The summed E-state index contributed by atoms with van der Waals surface area (Å²) >= 11 is 0. The number of hydrogen-bond donors (Lipinski definition) is 1. The second-order valence-electron chi connectivity index (χ2n) is 6.08. The number of benzene rings is 1. The summed E-state index contributed by atoms with van der Waals surface area (Å²) in [5, 5.41) is 9.20. The van der Waals surface area contributed by atoms with E-state index in [1.54, 1.807) is 6.20 Å². The molecule has 1 aliphatic rings. The topological polar surface area (TPSA) is 39.6 Å². The highest BCUT2D eigenvalue weighted by atomic mass is 16.3. The number of aliphatic hydroxyl groups excluding tert-OH is 1. The van der Waals surface area contributed by atoms with E-state index in [4.69, 9.17) is 0 Å². The summed E-state index contributed by atoms with van der Waals surface area (Å²) in [6, 6.07) is 14.7.